The normalized spacial score (nSPS) is 11.9. The van der Waals surface area contributed by atoms with Gasteiger partial charge in [0.1, 0.15) is 29.7 Å². The molecule has 0 spiro atoms. The van der Waals surface area contributed by atoms with Crippen molar-refractivity contribution in [2.75, 3.05) is 13.2 Å². The number of ether oxygens (including phenoxy) is 1. The molecule has 0 fully saturated rings. The van der Waals surface area contributed by atoms with Gasteiger partial charge in [0.05, 0.1) is 11.9 Å². The van der Waals surface area contributed by atoms with Crippen LogP contribution in [0.1, 0.15) is 13.0 Å². The van der Waals surface area contributed by atoms with E-state index in [0.29, 0.717) is 16.7 Å². The van der Waals surface area contributed by atoms with Crippen LogP contribution in [-0.4, -0.2) is 34.1 Å². The van der Waals surface area contributed by atoms with Crippen LogP contribution in [0.25, 0.3) is 10.9 Å². The zero-order valence-electron chi connectivity index (χ0n) is 14.1. The molecule has 1 amide bonds. The van der Waals surface area contributed by atoms with Crippen LogP contribution < -0.4 is 15.6 Å². The predicted octanol–water partition coefficient (Wildman–Crippen LogP) is 1.69. The van der Waals surface area contributed by atoms with Gasteiger partial charge < -0.3 is 10.1 Å². The largest absolute Gasteiger partial charge is 0.492 e. The summed E-state index contributed by atoms with van der Waals surface area (Å²) in [6.45, 7) is 2.01. The Morgan fingerprint density at radius 3 is 2.73 bits per heavy atom. The Bertz CT molecular complexity index is 972. The molecule has 3 aromatic rings. The van der Waals surface area contributed by atoms with Gasteiger partial charge in [-0.15, -0.1) is 5.10 Å². The van der Waals surface area contributed by atoms with E-state index in [0.717, 1.165) is 4.68 Å². The Kier molecular flexibility index (Phi) is 5.21. The van der Waals surface area contributed by atoms with Gasteiger partial charge in [-0.25, -0.2) is 4.39 Å². The number of amides is 1. The number of hydrogen-bond donors (Lipinski definition) is 1. The van der Waals surface area contributed by atoms with Crippen LogP contribution in [-0.2, 0) is 4.79 Å². The molecule has 7 nitrogen and oxygen atoms in total. The van der Waals surface area contributed by atoms with Gasteiger partial charge in [-0.3, -0.25) is 9.59 Å². The minimum Gasteiger partial charge on any atom is -0.492 e. The topological polar surface area (TPSA) is 86.1 Å². The molecule has 0 bridgehead atoms. The molecule has 26 heavy (non-hydrogen) atoms. The number of aromatic nitrogens is 3. The molecule has 0 saturated heterocycles. The number of fused-ring (bicyclic) bond motifs is 1. The fraction of sp³-hybridized carbons (Fsp3) is 0.222. The SMILES string of the molecule is C[C@H](C(=O)NCCOc1ccc(F)cc1)n1nnc2ccccc2c1=O. The molecule has 1 N–H and O–H groups in total. The third kappa shape index (κ3) is 3.85. The molecule has 0 unspecified atom stereocenters. The minimum atomic E-state index is -0.814. The van der Waals surface area contributed by atoms with Gasteiger partial charge in [0.15, 0.2) is 0 Å². The van der Waals surface area contributed by atoms with Crippen molar-refractivity contribution in [1.29, 1.82) is 0 Å². The predicted molar refractivity (Wildman–Crippen MR) is 93.4 cm³/mol. The Hall–Kier alpha value is -3.29. The highest BCUT2D eigenvalue weighted by molar-refractivity contribution is 5.81. The summed E-state index contributed by atoms with van der Waals surface area (Å²) in [5, 5.41) is 10.9. The first kappa shape index (κ1) is 17.5. The summed E-state index contributed by atoms with van der Waals surface area (Å²) < 4.78 is 19.3. The molecule has 2 aromatic carbocycles. The number of hydrogen-bond acceptors (Lipinski definition) is 5. The number of benzene rings is 2. The Balaban J connectivity index is 1.58. The van der Waals surface area contributed by atoms with Crippen LogP contribution in [0, 0.1) is 5.82 Å². The number of nitrogens with zero attached hydrogens (tertiary/aromatic N) is 3. The third-order valence-electron chi connectivity index (χ3n) is 3.82. The van der Waals surface area contributed by atoms with E-state index in [9.17, 15) is 14.0 Å². The second-order valence-corrected chi connectivity index (χ2v) is 5.63. The standard InChI is InChI=1S/C18H17FN4O3/c1-12(23-18(25)15-4-2-3-5-16(15)21-22-23)17(24)20-10-11-26-14-8-6-13(19)7-9-14/h2-9,12H,10-11H2,1H3,(H,20,24)/t12-/m1/s1. The van der Waals surface area contributed by atoms with Crippen molar-refractivity contribution in [2.45, 2.75) is 13.0 Å². The highest BCUT2D eigenvalue weighted by Crippen LogP contribution is 2.10. The number of rotatable bonds is 6. The highest BCUT2D eigenvalue weighted by Gasteiger charge is 2.18. The Labute approximate surface area is 148 Å². The summed E-state index contributed by atoms with van der Waals surface area (Å²) in [6, 6.07) is 11.6. The van der Waals surface area contributed by atoms with Gasteiger partial charge in [0.2, 0.25) is 5.91 Å². The van der Waals surface area contributed by atoms with Gasteiger partial charge in [-0.05, 0) is 43.3 Å². The van der Waals surface area contributed by atoms with E-state index in [-0.39, 0.29) is 30.4 Å². The zero-order chi connectivity index (χ0) is 18.5. The maximum absolute atomic E-state index is 12.8. The second-order valence-electron chi connectivity index (χ2n) is 5.63. The van der Waals surface area contributed by atoms with E-state index in [1.807, 2.05) is 0 Å². The molecular weight excluding hydrogens is 339 g/mol. The molecule has 0 saturated carbocycles. The molecule has 0 aliphatic heterocycles. The Morgan fingerprint density at radius 2 is 1.96 bits per heavy atom. The lowest BCUT2D eigenvalue weighted by molar-refractivity contribution is -0.124. The van der Waals surface area contributed by atoms with Gasteiger partial charge in [-0.2, -0.15) is 4.68 Å². The lowest BCUT2D eigenvalue weighted by atomic mass is 10.2. The molecule has 0 aliphatic carbocycles. The first-order valence-corrected chi connectivity index (χ1v) is 8.06. The number of carbonyl (C=O) groups is 1. The summed E-state index contributed by atoms with van der Waals surface area (Å²) in [6.07, 6.45) is 0. The summed E-state index contributed by atoms with van der Waals surface area (Å²) in [5.74, 6) is -0.217. The van der Waals surface area contributed by atoms with Crippen molar-refractivity contribution in [3.63, 3.8) is 0 Å². The van der Waals surface area contributed by atoms with E-state index in [1.165, 1.54) is 24.3 Å². The highest BCUT2D eigenvalue weighted by atomic mass is 19.1. The van der Waals surface area contributed by atoms with Gasteiger partial charge in [0.25, 0.3) is 5.56 Å². The summed E-state index contributed by atoms with van der Waals surface area (Å²) in [5.41, 5.74) is 0.106. The maximum atomic E-state index is 12.8. The van der Waals surface area contributed by atoms with Crippen LogP contribution >= 0.6 is 0 Å². The molecule has 0 radical (unpaired) electrons. The molecule has 1 heterocycles. The first-order chi connectivity index (χ1) is 12.6. The fourth-order valence-electron chi connectivity index (χ4n) is 2.39. The van der Waals surface area contributed by atoms with Crippen LogP contribution in [0.2, 0.25) is 0 Å². The van der Waals surface area contributed by atoms with Crippen molar-refractivity contribution in [3.8, 4) is 5.75 Å². The van der Waals surface area contributed by atoms with Crippen LogP contribution in [0.5, 0.6) is 5.75 Å². The van der Waals surface area contributed by atoms with Crippen LogP contribution in [0.4, 0.5) is 4.39 Å². The molecule has 134 valence electrons. The van der Waals surface area contributed by atoms with Gasteiger partial charge >= 0.3 is 0 Å². The molecular formula is C18H17FN4O3. The van der Waals surface area contributed by atoms with Crippen molar-refractivity contribution in [3.05, 3.63) is 64.7 Å². The van der Waals surface area contributed by atoms with E-state index in [1.54, 1.807) is 31.2 Å². The lowest BCUT2D eigenvalue weighted by Gasteiger charge is -2.14. The quantitative estimate of drug-likeness (QED) is 0.679. The molecule has 1 aromatic heterocycles. The average molecular weight is 356 g/mol. The first-order valence-electron chi connectivity index (χ1n) is 8.06. The minimum absolute atomic E-state index is 0.211. The molecule has 0 aliphatic rings. The van der Waals surface area contributed by atoms with Crippen molar-refractivity contribution < 1.29 is 13.9 Å². The lowest BCUT2D eigenvalue weighted by Crippen LogP contribution is -2.39. The maximum Gasteiger partial charge on any atom is 0.278 e. The van der Waals surface area contributed by atoms with Crippen molar-refractivity contribution >= 4 is 16.8 Å². The smallest absolute Gasteiger partial charge is 0.278 e. The van der Waals surface area contributed by atoms with Crippen molar-refractivity contribution in [1.82, 2.24) is 20.3 Å². The van der Waals surface area contributed by atoms with E-state index in [4.69, 9.17) is 4.74 Å². The van der Waals surface area contributed by atoms with Crippen LogP contribution in [0.15, 0.2) is 53.3 Å². The average Bonchev–Trinajstić information content (AvgIpc) is 2.66. The number of carbonyl (C=O) groups excluding carboxylic acids is 1. The zero-order valence-corrected chi connectivity index (χ0v) is 14.1. The van der Waals surface area contributed by atoms with Gasteiger partial charge in [-0.1, -0.05) is 17.3 Å². The molecule has 8 heteroatoms. The van der Waals surface area contributed by atoms with E-state index in [2.05, 4.69) is 15.6 Å². The summed E-state index contributed by atoms with van der Waals surface area (Å²) in [7, 11) is 0. The number of nitrogens with one attached hydrogen (secondary N) is 1. The third-order valence-corrected chi connectivity index (χ3v) is 3.82. The van der Waals surface area contributed by atoms with E-state index >= 15 is 0 Å². The molecule has 3 rings (SSSR count). The number of halogens is 1. The summed E-state index contributed by atoms with van der Waals surface area (Å²) >= 11 is 0. The summed E-state index contributed by atoms with van der Waals surface area (Å²) in [4.78, 5) is 24.7. The van der Waals surface area contributed by atoms with Crippen molar-refractivity contribution in [2.24, 2.45) is 0 Å². The van der Waals surface area contributed by atoms with Crippen LogP contribution in [0.3, 0.4) is 0 Å². The molecule has 1 atom stereocenters. The monoisotopic (exact) mass is 356 g/mol. The van der Waals surface area contributed by atoms with E-state index < -0.39 is 6.04 Å². The fourth-order valence-corrected chi connectivity index (χ4v) is 2.39. The second kappa shape index (κ2) is 7.73. The van der Waals surface area contributed by atoms with Gasteiger partial charge in [0, 0.05) is 0 Å². The Morgan fingerprint density at radius 1 is 1.23 bits per heavy atom.